The molecule has 1 aliphatic heterocycles. The molecule has 3 rings (SSSR count). The Morgan fingerprint density at radius 3 is 2.63 bits per heavy atom. The van der Waals surface area contributed by atoms with Crippen molar-refractivity contribution in [2.24, 2.45) is 5.73 Å². The zero-order chi connectivity index (χ0) is 13.2. The molecule has 0 spiro atoms. The minimum atomic E-state index is 0.506. The highest BCUT2D eigenvalue weighted by Crippen LogP contribution is 2.34. The van der Waals surface area contributed by atoms with Crippen molar-refractivity contribution in [3.05, 3.63) is 47.5 Å². The summed E-state index contributed by atoms with van der Waals surface area (Å²) in [7, 11) is 1.67. The molecule has 0 saturated heterocycles. The summed E-state index contributed by atoms with van der Waals surface area (Å²) < 4.78 is 10.8. The minimum Gasteiger partial charge on any atom is -0.497 e. The van der Waals surface area contributed by atoms with Crippen LogP contribution in [0.4, 0.5) is 0 Å². The number of methoxy groups -OCH3 is 1. The van der Waals surface area contributed by atoms with Crippen LogP contribution in [0.1, 0.15) is 11.1 Å². The quantitative estimate of drug-likeness (QED) is 0.917. The summed E-state index contributed by atoms with van der Waals surface area (Å²) >= 11 is 0. The van der Waals surface area contributed by atoms with Gasteiger partial charge in [0, 0.05) is 18.5 Å². The fraction of sp³-hybridized carbons (Fsp3) is 0.250. The highest BCUT2D eigenvalue weighted by molar-refractivity contribution is 5.68. The van der Waals surface area contributed by atoms with E-state index in [4.69, 9.17) is 15.2 Å². The van der Waals surface area contributed by atoms with Crippen molar-refractivity contribution in [2.45, 2.75) is 13.0 Å². The van der Waals surface area contributed by atoms with Gasteiger partial charge in [-0.25, -0.2) is 0 Å². The summed E-state index contributed by atoms with van der Waals surface area (Å²) in [5, 5.41) is 0. The highest BCUT2D eigenvalue weighted by Gasteiger charge is 2.17. The zero-order valence-electron chi connectivity index (χ0n) is 11.0. The van der Waals surface area contributed by atoms with E-state index in [9.17, 15) is 0 Å². The van der Waals surface area contributed by atoms with E-state index in [-0.39, 0.29) is 0 Å². The van der Waals surface area contributed by atoms with Gasteiger partial charge in [0.15, 0.2) is 0 Å². The lowest BCUT2D eigenvalue weighted by Gasteiger charge is -2.10. The first-order chi connectivity index (χ1) is 9.31. The van der Waals surface area contributed by atoms with Gasteiger partial charge >= 0.3 is 0 Å². The van der Waals surface area contributed by atoms with E-state index < -0.39 is 0 Å². The fourth-order valence-corrected chi connectivity index (χ4v) is 2.49. The molecule has 0 amide bonds. The fourth-order valence-electron chi connectivity index (χ4n) is 2.49. The van der Waals surface area contributed by atoms with Crippen LogP contribution in [0.2, 0.25) is 0 Å². The van der Waals surface area contributed by atoms with Crippen LogP contribution in [0.3, 0.4) is 0 Å². The topological polar surface area (TPSA) is 44.5 Å². The van der Waals surface area contributed by atoms with Gasteiger partial charge < -0.3 is 15.2 Å². The first-order valence-electron chi connectivity index (χ1n) is 6.45. The van der Waals surface area contributed by atoms with Gasteiger partial charge in [-0.05, 0) is 41.0 Å². The van der Waals surface area contributed by atoms with Crippen molar-refractivity contribution < 1.29 is 9.47 Å². The second-order valence-corrected chi connectivity index (χ2v) is 4.65. The molecule has 0 unspecified atom stereocenters. The standard InChI is InChI=1S/C16H17NO2/c1-18-15-4-2-11(3-5-15)13-8-12-6-7-19-16(12)14(9-13)10-17/h2-5,8-9H,6-7,10,17H2,1H3. The Morgan fingerprint density at radius 1 is 1.16 bits per heavy atom. The number of hydrogen-bond donors (Lipinski definition) is 1. The average molecular weight is 255 g/mol. The van der Waals surface area contributed by atoms with E-state index in [0.29, 0.717) is 6.54 Å². The molecule has 2 N–H and O–H groups in total. The normalized spacial score (nSPS) is 12.9. The Hall–Kier alpha value is -2.00. The predicted octanol–water partition coefficient (Wildman–Crippen LogP) is 2.76. The molecule has 2 aromatic carbocycles. The number of hydrogen-bond acceptors (Lipinski definition) is 3. The SMILES string of the molecule is COc1ccc(-c2cc(CN)c3c(c2)CCO3)cc1. The third kappa shape index (κ3) is 2.17. The van der Waals surface area contributed by atoms with Crippen molar-refractivity contribution >= 4 is 0 Å². The molecular formula is C16H17NO2. The Kier molecular flexibility index (Phi) is 3.13. The van der Waals surface area contributed by atoms with Crippen LogP contribution < -0.4 is 15.2 Å². The molecule has 3 nitrogen and oxygen atoms in total. The highest BCUT2D eigenvalue weighted by atomic mass is 16.5. The lowest BCUT2D eigenvalue weighted by atomic mass is 9.98. The monoisotopic (exact) mass is 255 g/mol. The molecule has 19 heavy (non-hydrogen) atoms. The van der Waals surface area contributed by atoms with E-state index in [0.717, 1.165) is 30.1 Å². The van der Waals surface area contributed by atoms with E-state index in [1.54, 1.807) is 7.11 Å². The van der Waals surface area contributed by atoms with Gasteiger partial charge in [-0.1, -0.05) is 12.1 Å². The van der Waals surface area contributed by atoms with E-state index in [1.807, 2.05) is 12.1 Å². The Bertz CT molecular complexity index is 590. The summed E-state index contributed by atoms with van der Waals surface area (Å²) in [6, 6.07) is 12.4. The summed E-state index contributed by atoms with van der Waals surface area (Å²) in [4.78, 5) is 0. The van der Waals surface area contributed by atoms with Gasteiger partial charge in [0.1, 0.15) is 11.5 Å². The van der Waals surface area contributed by atoms with Crippen LogP contribution >= 0.6 is 0 Å². The van der Waals surface area contributed by atoms with Crippen LogP contribution in [0.15, 0.2) is 36.4 Å². The summed E-state index contributed by atoms with van der Waals surface area (Å²) in [6.45, 7) is 1.26. The molecule has 2 aromatic rings. The van der Waals surface area contributed by atoms with Crippen molar-refractivity contribution in [2.75, 3.05) is 13.7 Å². The second-order valence-electron chi connectivity index (χ2n) is 4.65. The van der Waals surface area contributed by atoms with Gasteiger partial charge in [-0.3, -0.25) is 0 Å². The number of nitrogens with two attached hydrogens (primary N) is 1. The molecule has 0 aliphatic carbocycles. The second kappa shape index (κ2) is 4.94. The maximum atomic E-state index is 5.82. The first kappa shape index (κ1) is 12.1. The molecule has 0 saturated carbocycles. The molecule has 0 aromatic heterocycles. The number of rotatable bonds is 3. The lowest BCUT2D eigenvalue weighted by molar-refractivity contribution is 0.353. The molecular weight excluding hydrogens is 238 g/mol. The predicted molar refractivity (Wildman–Crippen MR) is 75.5 cm³/mol. The summed E-state index contributed by atoms with van der Waals surface area (Å²) in [5.74, 6) is 1.85. The van der Waals surface area contributed by atoms with E-state index >= 15 is 0 Å². The van der Waals surface area contributed by atoms with Crippen LogP contribution in [0, 0.1) is 0 Å². The first-order valence-corrected chi connectivity index (χ1v) is 6.45. The Morgan fingerprint density at radius 2 is 1.95 bits per heavy atom. The van der Waals surface area contributed by atoms with E-state index in [2.05, 4.69) is 24.3 Å². The van der Waals surface area contributed by atoms with Crippen LogP contribution in [0.25, 0.3) is 11.1 Å². The molecule has 3 heteroatoms. The van der Waals surface area contributed by atoms with Crippen molar-refractivity contribution in [1.29, 1.82) is 0 Å². The average Bonchev–Trinajstić information content (AvgIpc) is 2.94. The largest absolute Gasteiger partial charge is 0.497 e. The number of ether oxygens (including phenoxy) is 2. The maximum absolute atomic E-state index is 5.82. The summed E-state index contributed by atoms with van der Waals surface area (Å²) in [5.41, 5.74) is 10.5. The molecule has 0 fully saturated rings. The zero-order valence-corrected chi connectivity index (χ0v) is 11.0. The van der Waals surface area contributed by atoms with Crippen LogP contribution in [0.5, 0.6) is 11.5 Å². The Balaban J connectivity index is 2.04. The van der Waals surface area contributed by atoms with Crippen LogP contribution in [-0.2, 0) is 13.0 Å². The van der Waals surface area contributed by atoms with Gasteiger partial charge in [0.2, 0.25) is 0 Å². The van der Waals surface area contributed by atoms with Crippen LogP contribution in [-0.4, -0.2) is 13.7 Å². The van der Waals surface area contributed by atoms with E-state index in [1.165, 1.54) is 16.7 Å². The minimum absolute atomic E-state index is 0.506. The third-order valence-corrected chi connectivity index (χ3v) is 3.50. The number of fused-ring (bicyclic) bond motifs is 1. The van der Waals surface area contributed by atoms with Gasteiger partial charge in [-0.15, -0.1) is 0 Å². The molecule has 0 bridgehead atoms. The van der Waals surface area contributed by atoms with Gasteiger partial charge in [0.25, 0.3) is 0 Å². The van der Waals surface area contributed by atoms with Crippen molar-refractivity contribution in [3.63, 3.8) is 0 Å². The molecule has 0 atom stereocenters. The third-order valence-electron chi connectivity index (χ3n) is 3.50. The molecule has 0 radical (unpaired) electrons. The lowest BCUT2D eigenvalue weighted by Crippen LogP contribution is -2.00. The van der Waals surface area contributed by atoms with Gasteiger partial charge in [0.05, 0.1) is 13.7 Å². The van der Waals surface area contributed by atoms with Crippen molar-refractivity contribution in [1.82, 2.24) is 0 Å². The molecule has 98 valence electrons. The molecule has 1 heterocycles. The number of benzene rings is 2. The summed E-state index contributed by atoms with van der Waals surface area (Å²) in [6.07, 6.45) is 0.965. The van der Waals surface area contributed by atoms with Crippen molar-refractivity contribution in [3.8, 4) is 22.6 Å². The smallest absolute Gasteiger partial charge is 0.127 e. The Labute approximate surface area is 113 Å². The maximum Gasteiger partial charge on any atom is 0.127 e. The molecule has 1 aliphatic rings. The van der Waals surface area contributed by atoms with Gasteiger partial charge in [-0.2, -0.15) is 0 Å².